The monoisotopic (exact) mass is 449 g/mol. The third-order valence-corrected chi connectivity index (χ3v) is 7.18. The molecule has 176 valence electrons. The number of aryl methyl sites for hydroxylation is 2. The van der Waals surface area contributed by atoms with Gasteiger partial charge in [0.05, 0.1) is 0 Å². The zero-order valence-electron chi connectivity index (χ0n) is 20.2. The van der Waals surface area contributed by atoms with Crippen LogP contribution >= 0.6 is 0 Å². The number of benzene rings is 1. The number of hydrogen-bond donors (Lipinski definition) is 1. The zero-order chi connectivity index (χ0) is 23.8. The van der Waals surface area contributed by atoms with Crippen LogP contribution in [0.2, 0.25) is 0 Å². The Morgan fingerprint density at radius 2 is 1.76 bits per heavy atom. The van der Waals surface area contributed by atoms with E-state index in [1.807, 2.05) is 27.7 Å². The molecule has 2 aromatic rings. The molecule has 0 unspecified atom stereocenters. The van der Waals surface area contributed by atoms with E-state index in [1.54, 1.807) is 12.4 Å². The summed E-state index contributed by atoms with van der Waals surface area (Å²) in [5.41, 5.74) is 1.14. The molecule has 0 radical (unpaired) electrons. The Hall–Kier alpha value is -2.89. The summed E-state index contributed by atoms with van der Waals surface area (Å²) >= 11 is 0. The van der Waals surface area contributed by atoms with Gasteiger partial charge in [-0.25, -0.2) is 0 Å². The van der Waals surface area contributed by atoms with E-state index in [0.717, 1.165) is 32.1 Å². The second kappa shape index (κ2) is 8.81. The summed E-state index contributed by atoms with van der Waals surface area (Å²) in [6.45, 7) is 8.05. The van der Waals surface area contributed by atoms with Crippen LogP contribution in [0.1, 0.15) is 72.7 Å². The molecule has 2 amide bonds. The molecule has 4 rings (SSSR count). The Kier molecular flexibility index (Phi) is 6.21. The van der Waals surface area contributed by atoms with Crippen LogP contribution < -0.4 is 10.7 Å². The SMILES string of the molecule is CNC(=O)c1cn(CCCc2ccccc2)cc(C(=O)N2C[C@]3(C)C[C@H]2CC(C)(C)C3)c1=O. The topological polar surface area (TPSA) is 71.4 Å². The largest absolute Gasteiger partial charge is 0.355 e. The molecule has 1 aromatic carbocycles. The molecule has 6 heteroatoms. The Bertz CT molecular complexity index is 1110. The lowest BCUT2D eigenvalue weighted by Gasteiger charge is -2.39. The van der Waals surface area contributed by atoms with Gasteiger partial charge in [-0.2, -0.15) is 0 Å². The first kappa shape index (κ1) is 23.3. The lowest BCUT2D eigenvalue weighted by atomic mass is 9.65. The van der Waals surface area contributed by atoms with Gasteiger partial charge in [-0.1, -0.05) is 51.1 Å². The maximum atomic E-state index is 13.7. The van der Waals surface area contributed by atoms with Gasteiger partial charge < -0.3 is 14.8 Å². The standard InChI is InChI=1S/C27H35N3O3/c1-26(2)13-20-14-27(3,17-26)18-30(20)25(33)22-16-29(15-21(23(22)31)24(32)28-4)12-8-11-19-9-6-5-7-10-19/h5-7,9-10,15-16,20H,8,11-14,17-18H2,1-4H3,(H,28,32)/t20-,27-/m1/s1. The number of rotatable bonds is 6. The molecule has 33 heavy (non-hydrogen) atoms. The van der Waals surface area contributed by atoms with Crippen molar-refractivity contribution in [3.8, 4) is 0 Å². The van der Waals surface area contributed by atoms with Crippen molar-refractivity contribution in [2.45, 2.75) is 65.5 Å². The average molecular weight is 450 g/mol. The van der Waals surface area contributed by atoms with Gasteiger partial charge in [-0.05, 0) is 48.5 Å². The number of aromatic nitrogens is 1. The smallest absolute Gasteiger partial charge is 0.259 e. The van der Waals surface area contributed by atoms with Crippen molar-refractivity contribution in [2.75, 3.05) is 13.6 Å². The van der Waals surface area contributed by atoms with Crippen molar-refractivity contribution < 1.29 is 9.59 Å². The number of fused-ring (bicyclic) bond motifs is 2. The Morgan fingerprint density at radius 1 is 1.06 bits per heavy atom. The number of hydrogen-bond acceptors (Lipinski definition) is 3. The number of pyridine rings is 1. The van der Waals surface area contributed by atoms with E-state index in [1.165, 1.54) is 12.6 Å². The first-order valence-electron chi connectivity index (χ1n) is 11.9. The fraction of sp³-hybridized carbons (Fsp3) is 0.519. The van der Waals surface area contributed by atoms with Crippen LogP contribution in [0.4, 0.5) is 0 Å². The highest BCUT2D eigenvalue weighted by Crippen LogP contribution is 2.52. The van der Waals surface area contributed by atoms with Crippen molar-refractivity contribution in [1.29, 1.82) is 0 Å². The minimum atomic E-state index is -0.482. The Morgan fingerprint density at radius 3 is 2.45 bits per heavy atom. The summed E-state index contributed by atoms with van der Waals surface area (Å²) in [6, 6.07) is 10.3. The van der Waals surface area contributed by atoms with Crippen molar-refractivity contribution in [1.82, 2.24) is 14.8 Å². The fourth-order valence-electron chi connectivity index (χ4n) is 6.17. The predicted molar refractivity (Wildman–Crippen MR) is 129 cm³/mol. The van der Waals surface area contributed by atoms with Gasteiger partial charge in [0, 0.05) is 38.6 Å². The number of nitrogens with zero attached hydrogens (tertiary/aromatic N) is 2. The van der Waals surface area contributed by atoms with Crippen molar-refractivity contribution in [3.63, 3.8) is 0 Å². The molecule has 6 nitrogen and oxygen atoms in total. The summed E-state index contributed by atoms with van der Waals surface area (Å²) in [5.74, 6) is -0.700. The zero-order valence-corrected chi connectivity index (χ0v) is 20.2. The van der Waals surface area contributed by atoms with Crippen LogP contribution in [0.3, 0.4) is 0 Å². The van der Waals surface area contributed by atoms with Crippen LogP contribution in [0.15, 0.2) is 47.5 Å². The molecule has 2 bridgehead atoms. The van der Waals surface area contributed by atoms with Gasteiger partial charge in [-0.3, -0.25) is 14.4 Å². The highest BCUT2D eigenvalue weighted by molar-refractivity contribution is 5.99. The molecule has 1 aliphatic heterocycles. The average Bonchev–Trinajstić information content (AvgIpc) is 3.02. The lowest BCUT2D eigenvalue weighted by molar-refractivity contribution is 0.0706. The highest BCUT2D eigenvalue weighted by Gasteiger charge is 2.51. The third-order valence-electron chi connectivity index (χ3n) is 7.18. The molecular weight excluding hydrogens is 414 g/mol. The summed E-state index contributed by atoms with van der Waals surface area (Å²) in [5, 5.41) is 2.54. The molecule has 2 aliphatic rings. The van der Waals surface area contributed by atoms with E-state index in [4.69, 9.17) is 0 Å². The van der Waals surface area contributed by atoms with E-state index < -0.39 is 11.3 Å². The first-order valence-corrected chi connectivity index (χ1v) is 11.9. The number of nitrogens with one attached hydrogen (secondary N) is 1. The van der Waals surface area contributed by atoms with Gasteiger partial charge >= 0.3 is 0 Å². The number of amides is 2. The molecule has 0 spiro atoms. The molecule has 1 saturated heterocycles. The van der Waals surface area contributed by atoms with E-state index in [9.17, 15) is 14.4 Å². The van der Waals surface area contributed by atoms with Gasteiger partial charge in [0.1, 0.15) is 11.1 Å². The predicted octanol–water partition coefficient (Wildman–Crippen LogP) is 3.88. The fourth-order valence-corrected chi connectivity index (χ4v) is 6.17. The van der Waals surface area contributed by atoms with Crippen molar-refractivity contribution in [3.05, 3.63) is 69.6 Å². The maximum absolute atomic E-state index is 13.7. The third kappa shape index (κ3) is 4.90. The maximum Gasteiger partial charge on any atom is 0.259 e. The lowest BCUT2D eigenvalue weighted by Crippen LogP contribution is -2.41. The van der Waals surface area contributed by atoms with E-state index in [2.05, 4.69) is 38.2 Å². The van der Waals surface area contributed by atoms with E-state index in [0.29, 0.717) is 13.1 Å². The van der Waals surface area contributed by atoms with Gasteiger partial charge in [0.25, 0.3) is 11.8 Å². The quantitative estimate of drug-likeness (QED) is 0.728. The van der Waals surface area contributed by atoms with Crippen LogP contribution in [0.5, 0.6) is 0 Å². The van der Waals surface area contributed by atoms with Crippen molar-refractivity contribution >= 4 is 11.8 Å². The van der Waals surface area contributed by atoms with Crippen LogP contribution in [-0.4, -0.2) is 40.9 Å². The Labute approximate surface area is 196 Å². The normalized spacial score (nSPS) is 23.4. The minimum absolute atomic E-state index is 0.0248. The molecular formula is C27H35N3O3. The summed E-state index contributed by atoms with van der Waals surface area (Å²) in [4.78, 5) is 41.2. The van der Waals surface area contributed by atoms with Crippen LogP contribution in [0.25, 0.3) is 0 Å². The summed E-state index contributed by atoms with van der Waals surface area (Å²) in [7, 11) is 1.50. The second-order valence-electron chi connectivity index (χ2n) is 11.0. The highest BCUT2D eigenvalue weighted by atomic mass is 16.2. The number of carbonyl (C=O) groups is 2. The van der Waals surface area contributed by atoms with Crippen LogP contribution in [0, 0.1) is 10.8 Å². The summed E-state index contributed by atoms with van der Waals surface area (Å²) < 4.78 is 1.83. The molecule has 2 heterocycles. The molecule has 2 fully saturated rings. The van der Waals surface area contributed by atoms with Crippen LogP contribution in [-0.2, 0) is 13.0 Å². The minimum Gasteiger partial charge on any atom is -0.355 e. The Balaban J connectivity index is 1.61. The second-order valence-corrected chi connectivity index (χ2v) is 11.0. The van der Waals surface area contributed by atoms with Gasteiger partial charge in [0.15, 0.2) is 0 Å². The molecule has 1 aliphatic carbocycles. The van der Waals surface area contributed by atoms with Gasteiger partial charge in [-0.15, -0.1) is 0 Å². The van der Waals surface area contributed by atoms with Crippen molar-refractivity contribution in [2.24, 2.45) is 10.8 Å². The molecule has 1 saturated carbocycles. The first-order chi connectivity index (χ1) is 15.6. The van der Waals surface area contributed by atoms with E-state index >= 15 is 0 Å². The molecule has 2 atom stereocenters. The molecule has 1 N–H and O–H groups in total. The van der Waals surface area contributed by atoms with Gasteiger partial charge in [0.2, 0.25) is 5.43 Å². The summed E-state index contributed by atoms with van der Waals surface area (Å²) in [6.07, 6.45) is 7.94. The number of likely N-dealkylation sites (tertiary alicyclic amines) is 1. The van der Waals surface area contributed by atoms with E-state index in [-0.39, 0.29) is 33.9 Å². The number of carbonyl (C=O) groups excluding carboxylic acids is 2. The molecule has 1 aromatic heterocycles.